The second-order valence-electron chi connectivity index (χ2n) is 5.33. The van der Waals surface area contributed by atoms with Crippen LogP contribution in [0.5, 0.6) is 0 Å². The summed E-state index contributed by atoms with van der Waals surface area (Å²) in [6, 6.07) is 15.9. The molecule has 6 nitrogen and oxygen atoms in total. The summed E-state index contributed by atoms with van der Waals surface area (Å²) in [5.41, 5.74) is 2.29. The number of nitrogens with one attached hydrogen (secondary N) is 1. The zero-order chi connectivity index (χ0) is 18.1. The van der Waals surface area contributed by atoms with E-state index in [1.807, 2.05) is 30.3 Å². The van der Waals surface area contributed by atoms with Crippen LogP contribution in [0.15, 0.2) is 60.2 Å². The monoisotopic (exact) mass is 340 g/mol. The second-order valence-corrected chi connectivity index (χ2v) is 5.33. The van der Waals surface area contributed by atoms with Crippen LogP contribution in [0.3, 0.4) is 0 Å². The molecule has 0 heterocycles. The first-order chi connectivity index (χ1) is 12.1. The number of hydrogen-bond donors (Lipinski definition) is 1. The Morgan fingerprint density at radius 2 is 1.84 bits per heavy atom. The van der Waals surface area contributed by atoms with Crippen molar-refractivity contribution in [3.8, 4) is 0 Å². The molecule has 2 aromatic carbocycles. The quantitative estimate of drug-likeness (QED) is 0.345. The molecule has 0 aliphatic heterocycles. The minimum atomic E-state index is -0.457. The van der Waals surface area contributed by atoms with Crippen molar-refractivity contribution in [3.05, 3.63) is 81.4 Å². The van der Waals surface area contributed by atoms with Gasteiger partial charge in [-0.15, -0.1) is 0 Å². The Morgan fingerprint density at radius 3 is 2.44 bits per heavy atom. The summed E-state index contributed by atoms with van der Waals surface area (Å²) < 4.78 is 5.09. The Hall–Kier alpha value is -2.99. The third-order valence-electron chi connectivity index (χ3n) is 3.47. The van der Waals surface area contributed by atoms with Gasteiger partial charge >= 0.3 is 5.97 Å². The van der Waals surface area contributed by atoms with E-state index in [2.05, 4.69) is 5.32 Å². The van der Waals surface area contributed by atoms with Crippen molar-refractivity contribution in [2.75, 3.05) is 13.2 Å². The smallest absolute Gasteiger partial charge is 0.335 e. The van der Waals surface area contributed by atoms with Crippen molar-refractivity contribution in [2.45, 2.75) is 13.5 Å². The fourth-order valence-corrected chi connectivity index (χ4v) is 2.24. The first-order valence-corrected chi connectivity index (χ1v) is 7.97. The van der Waals surface area contributed by atoms with Crippen LogP contribution < -0.4 is 5.32 Å². The number of hydrogen-bond acceptors (Lipinski definition) is 5. The molecule has 0 spiro atoms. The van der Waals surface area contributed by atoms with Crippen molar-refractivity contribution in [2.24, 2.45) is 0 Å². The van der Waals surface area contributed by atoms with Crippen LogP contribution in [0.1, 0.15) is 18.1 Å². The number of carbonyl (C=O) groups is 1. The van der Waals surface area contributed by atoms with Crippen LogP contribution in [-0.2, 0) is 16.1 Å². The lowest BCUT2D eigenvalue weighted by atomic mass is 10.1. The van der Waals surface area contributed by atoms with Gasteiger partial charge in [0, 0.05) is 25.2 Å². The van der Waals surface area contributed by atoms with Gasteiger partial charge in [0.2, 0.25) is 0 Å². The molecule has 0 saturated heterocycles. The standard InChI is InChI=1S/C19H20N2O4/c1-2-25-19(22)17(14-20-13-16-6-4-3-5-7-16)12-15-8-10-18(11-9-15)21(23)24/h3-12,20H,2,13-14H2,1H3/b17-12+. The maximum Gasteiger partial charge on any atom is 0.335 e. The number of ether oxygens (including phenoxy) is 1. The van der Waals surface area contributed by atoms with Gasteiger partial charge in [-0.05, 0) is 36.3 Å². The lowest BCUT2D eigenvalue weighted by molar-refractivity contribution is -0.384. The number of carbonyl (C=O) groups excluding carboxylic acids is 1. The molecule has 0 unspecified atom stereocenters. The molecule has 2 aromatic rings. The zero-order valence-corrected chi connectivity index (χ0v) is 14.0. The predicted octanol–water partition coefficient (Wildman–Crippen LogP) is 3.33. The summed E-state index contributed by atoms with van der Waals surface area (Å²) in [5.74, 6) is -0.401. The molecule has 0 bridgehead atoms. The van der Waals surface area contributed by atoms with Crippen molar-refractivity contribution < 1.29 is 14.5 Å². The van der Waals surface area contributed by atoms with E-state index in [9.17, 15) is 14.9 Å². The molecule has 0 aromatic heterocycles. The van der Waals surface area contributed by atoms with Crippen LogP contribution in [-0.4, -0.2) is 24.0 Å². The van der Waals surface area contributed by atoms with Gasteiger partial charge in [0.1, 0.15) is 0 Å². The Bertz CT molecular complexity index is 740. The third-order valence-corrected chi connectivity index (χ3v) is 3.47. The molecule has 6 heteroatoms. The SMILES string of the molecule is CCOC(=O)/C(=C/c1ccc([N+](=O)[O-])cc1)CNCc1ccccc1. The molecule has 0 fully saturated rings. The zero-order valence-electron chi connectivity index (χ0n) is 14.0. The molecule has 25 heavy (non-hydrogen) atoms. The van der Waals surface area contributed by atoms with E-state index in [1.54, 1.807) is 25.1 Å². The Kier molecular flexibility index (Phi) is 6.86. The normalized spacial score (nSPS) is 11.2. The largest absolute Gasteiger partial charge is 0.463 e. The number of rotatable bonds is 8. The van der Waals surface area contributed by atoms with Crippen LogP contribution >= 0.6 is 0 Å². The number of benzene rings is 2. The Labute approximate surface area is 146 Å². The van der Waals surface area contributed by atoms with Crippen molar-refractivity contribution in [1.29, 1.82) is 0 Å². The highest BCUT2D eigenvalue weighted by molar-refractivity contribution is 5.94. The average molecular weight is 340 g/mol. The number of nitro benzene ring substituents is 1. The van der Waals surface area contributed by atoms with E-state index in [1.165, 1.54) is 12.1 Å². The van der Waals surface area contributed by atoms with Gasteiger partial charge in [0.05, 0.1) is 17.1 Å². The van der Waals surface area contributed by atoms with Gasteiger partial charge in [0.15, 0.2) is 0 Å². The number of non-ortho nitro benzene ring substituents is 1. The van der Waals surface area contributed by atoms with Crippen LogP contribution in [0.4, 0.5) is 5.69 Å². The van der Waals surface area contributed by atoms with Gasteiger partial charge in [0.25, 0.3) is 5.69 Å². The van der Waals surface area contributed by atoms with Gasteiger partial charge in [-0.25, -0.2) is 4.79 Å². The predicted molar refractivity (Wildman–Crippen MR) is 95.9 cm³/mol. The highest BCUT2D eigenvalue weighted by Gasteiger charge is 2.11. The van der Waals surface area contributed by atoms with E-state index < -0.39 is 10.9 Å². The molecule has 0 amide bonds. The first kappa shape index (κ1) is 18.4. The van der Waals surface area contributed by atoms with Gasteiger partial charge in [-0.1, -0.05) is 30.3 Å². The Balaban J connectivity index is 2.08. The summed E-state index contributed by atoms with van der Waals surface area (Å²) in [7, 11) is 0. The molecule has 0 aliphatic carbocycles. The van der Waals surface area contributed by atoms with Gasteiger partial charge in [-0.2, -0.15) is 0 Å². The van der Waals surface area contributed by atoms with E-state index in [4.69, 9.17) is 4.74 Å². The van der Waals surface area contributed by atoms with Crippen molar-refractivity contribution >= 4 is 17.7 Å². The first-order valence-electron chi connectivity index (χ1n) is 7.97. The van der Waals surface area contributed by atoms with Gasteiger partial charge in [-0.3, -0.25) is 10.1 Å². The summed E-state index contributed by atoms with van der Waals surface area (Å²) in [4.78, 5) is 22.4. The van der Waals surface area contributed by atoms with E-state index in [0.29, 0.717) is 24.2 Å². The summed E-state index contributed by atoms with van der Waals surface area (Å²) in [5, 5.41) is 13.9. The van der Waals surface area contributed by atoms with Crippen LogP contribution in [0.2, 0.25) is 0 Å². The fourth-order valence-electron chi connectivity index (χ4n) is 2.24. The molecular formula is C19H20N2O4. The topological polar surface area (TPSA) is 81.5 Å². The number of nitro groups is 1. The van der Waals surface area contributed by atoms with Crippen LogP contribution in [0, 0.1) is 10.1 Å². The third kappa shape index (κ3) is 5.86. The van der Waals surface area contributed by atoms with Crippen molar-refractivity contribution in [1.82, 2.24) is 5.32 Å². The molecule has 2 rings (SSSR count). The fraction of sp³-hybridized carbons (Fsp3) is 0.211. The lowest BCUT2D eigenvalue weighted by Crippen LogP contribution is -2.22. The average Bonchev–Trinajstić information content (AvgIpc) is 2.62. The summed E-state index contributed by atoms with van der Waals surface area (Å²) in [6.07, 6.45) is 1.68. The molecule has 130 valence electrons. The maximum absolute atomic E-state index is 12.1. The van der Waals surface area contributed by atoms with Crippen LogP contribution in [0.25, 0.3) is 6.08 Å². The molecule has 1 N–H and O–H groups in total. The summed E-state index contributed by atoms with van der Waals surface area (Å²) >= 11 is 0. The minimum Gasteiger partial charge on any atom is -0.463 e. The number of esters is 1. The van der Waals surface area contributed by atoms with E-state index in [-0.39, 0.29) is 12.3 Å². The molecule has 0 radical (unpaired) electrons. The van der Waals surface area contributed by atoms with Gasteiger partial charge < -0.3 is 10.1 Å². The summed E-state index contributed by atoms with van der Waals surface area (Å²) in [6.45, 7) is 3.00. The van der Waals surface area contributed by atoms with Crippen molar-refractivity contribution in [3.63, 3.8) is 0 Å². The maximum atomic E-state index is 12.1. The Morgan fingerprint density at radius 1 is 1.16 bits per heavy atom. The second kappa shape index (κ2) is 9.34. The van der Waals surface area contributed by atoms with E-state index in [0.717, 1.165) is 5.56 Å². The highest BCUT2D eigenvalue weighted by atomic mass is 16.6. The molecule has 0 saturated carbocycles. The minimum absolute atomic E-state index is 0.0111. The molecule has 0 aliphatic rings. The highest BCUT2D eigenvalue weighted by Crippen LogP contribution is 2.15. The van der Waals surface area contributed by atoms with E-state index >= 15 is 0 Å². The molecule has 0 atom stereocenters. The molecular weight excluding hydrogens is 320 g/mol. The lowest BCUT2D eigenvalue weighted by Gasteiger charge is -2.09. The number of nitrogens with zero attached hydrogens (tertiary/aromatic N) is 1.